The summed E-state index contributed by atoms with van der Waals surface area (Å²) in [7, 11) is 1.79. The Hall–Kier alpha value is -0.970. The molecule has 1 aromatic rings. The van der Waals surface area contributed by atoms with E-state index >= 15 is 0 Å². The van der Waals surface area contributed by atoms with Gasteiger partial charge in [-0.3, -0.25) is 0 Å². The number of likely N-dealkylation sites (N-methyl/N-ethyl adjacent to an activating group) is 1. The topological polar surface area (TPSA) is 38.1 Å². The van der Waals surface area contributed by atoms with Crippen LogP contribution in [0.3, 0.4) is 0 Å². The molecule has 0 radical (unpaired) electrons. The van der Waals surface area contributed by atoms with E-state index in [1.807, 2.05) is 6.92 Å². The van der Waals surface area contributed by atoms with Crippen LogP contribution in [0.4, 0.5) is 8.78 Å². The summed E-state index contributed by atoms with van der Waals surface area (Å²) >= 11 is 0. The van der Waals surface area contributed by atoms with Crippen molar-refractivity contribution in [3.8, 4) is 0 Å². The number of nitrogens with zero attached hydrogens (tertiary/aromatic N) is 1. The van der Waals surface area contributed by atoms with Gasteiger partial charge in [-0.2, -0.15) is 0 Å². The van der Waals surface area contributed by atoms with Crippen molar-refractivity contribution >= 4 is 0 Å². The lowest BCUT2D eigenvalue weighted by atomic mass is 10.2. The summed E-state index contributed by atoms with van der Waals surface area (Å²) in [6.45, 7) is 1.92. The van der Waals surface area contributed by atoms with E-state index in [1.165, 1.54) is 0 Å². The zero-order valence-electron chi connectivity index (χ0n) is 7.55. The molecule has 5 heteroatoms. The van der Waals surface area contributed by atoms with Gasteiger partial charge in [0.25, 0.3) is 6.43 Å². The van der Waals surface area contributed by atoms with Gasteiger partial charge in [0.15, 0.2) is 5.89 Å². The number of oxazole rings is 1. The predicted octanol–water partition coefficient (Wildman–Crippen LogP) is 1.76. The lowest BCUT2D eigenvalue weighted by Crippen LogP contribution is -2.23. The molecule has 0 bridgehead atoms. The quantitative estimate of drug-likeness (QED) is 0.786. The Labute approximate surface area is 75.2 Å². The molecule has 0 amide bonds. The minimum absolute atomic E-state index is 0.171. The fourth-order valence-corrected chi connectivity index (χ4v) is 0.883. The van der Waals surface area contributed by atoms with Crippen molar-refractivity contribution in [2.24, 2.45) is 0 Å². The largest absolute Gasteiger partial charge is 0.448 e. The SMILES string of the molecule is CNC(C)Cc1nc(C(F)F)co1. The van der Waals surface area contributed by atoms with Crippen LogP contribution in [0.2, 0.25) is 0 Å². The van der Waals surface area contributed by atoms with Gasteiger partial charge in [0.2, 0.25) is 0 Å². The highest BCUT2D eigenvalue weighted by molar-refractivity contribution is 4.98. The third-order valence-electron chi connectivity index (χ3n) is 1.77. The predicted molar refractivity (Wildman–Crippen MR) is 43.7 cm³/mol. The Morgan fingerprint density at radius 1 is 1.62 bits per heavy atom. The number of hydrogen-bond acceptors (Lipinski definition) is 3. The van der Waals surface area contributed by atoms with Gasteiger partial charge in [-0.25, -0.2) is 13.8 Å². The molecule has 0 aliphatic heterocycles. The van der Waals surface area contributed by atoms with Crippen LogP contribution in [-0.4, -0.2) is 18.1 Å². The molecule has 1 aromatic heterocycles. The van der Waals surface area contributed by atoms with Crippen LogP contribution in [0.5, 0.6) is 0 Å². The zero-order valence-corrected chi connectivity index (χ0v) is 7.55. The number of aromatic nitrogens is 1. The minimum Gasteiger partial charge on any atom is -0.448 e. The third kappa shape index (κ3) is 2.77. The first kappa shape index (κ1) is 10.1. The monoisotopic (exact) mass is 190 g/mol. The molecule has 1 unspecified atom stereocenters. The van der Waals surface area contributed by atoms with Crippen molar-refractivity contribution in [2.45, 2.75) is 25.8 Å². The molecule has 0 aliphatic rings. The van der Waals surface area contributed by atoms with E-state index in [-0.39, 0.29) is 11.7 Å². The van der Waals surface area contributed by atoms with Crippen LogP contribution < -0.4 is 5.32 Å². The second-order valence-corrected chi connectivity index (χ2v) is 2.86. The summed E-state index contributed by atoms with van der Waals surface area (Å²) in [5.74, 6) is 0.345. The number of hydrogen-bond donors (Lipinski definition) is 1. The first-order chi connectivity index (χ1) is 6.13. The average Bonchev–Trinajstić information content (AvgIpc) is 2.52. The van der Waals surface area contributed by atoms with Crippen LogP contribution in [0.1, 0.15) is 24.9 Å². The molecule has 1 atom stereocenters. The van der Waals surface area contributed by atoms with Gasteiger partial charge in [-0.1, -0.05) is 0 Å². The maximum Gasteiger partial charge on any atom is 0.283 e. The Morgan fingerprint density at radius 2 is 2.31 bits per heavy atom. The smallest absolute Gasteiger partial charge is 0.283 e. The van der Waals surface area contributed by atoms with E-state index in [1.54, 1.807) is 7.05 Å². The second kappa shape index (κ2) is 4.32. The van der Waals surface area contributed by atoms with Crippen LogP contribution in [0, 0.1) is 0 Å². The molecule has 74 valence electrons. The lowest BCUT2D eigenvalue weighted by molar-refractivity contribution is 0.146. The van der Waals surface area contributed by atoms with Gasteiger partial charge in [-0.05, 0) is 14.0 Å². The summed E-state index contributed by atoms with van der Waals surface area (Å²) in [6.07, 6.45) is -1.03. The van der Waals surface area contributed by atoms with E-state index in [9.17, 15) is 8.78 Å². The summed E-state index contributed by atoms with van der Waals surface area (Å²) in [5.41, 5.74) is -0.293. The molecule has 13 heavy (non-hydrogen) atoms. The van der Waals surface area contributed by atoms with Crippen molar-refractivity contribution in [3.05, 3.63) is 17.8 Å². The van der Waals surface area contributed by atoms with Crippen LogP contribution in [-0.2, 0) is 6.42 Å². The van der Waals surface area contributed by atoms with Gasteiger partial charge in [0.05, 0.1) is 0 Å². The molecule has 0 spiro atoms. The molecule has 3 nitrogen and oxygen atoms in total. The first-order valence-electron chi connectivity index (χ1n) is 4.03. The molecule has 0 saturated carbocycles. The third-order valence-corrected chi connectivity index (χ3v) is 1.77. The molecule has 1 heterocycles. The average molecular weight is 190 g/mol. The van der Waals surface area contributed by atoms with E-state index in [4.69, 9.17) is 4.42 Å². The minimum atomic E-state index is -2.55. The van der Waals surface area contributed by atoms with E-state index < -0.39 is 6.43 Å². The maximum absolute atomic E-state index is 12.1. The van der Waals surface area contributed by atoms with Crippen molar-refractivity contribution < 1.29 is 13.2 Å². The van der Waals surface area contributed by atoms with E-state index in [0.29, 0.717) is 12.3 Å². The van der Waals surface area contributed by atoms with Crippen molar-refractivity contribution in [2.75, 3.05) is 7.05 Å². The fourth-order valence-electron chi connectivity index (χ4n) is 0.883. The first-order valence-corrected chi connectivity index (χ1v) is 4.03. The van der Waals surface area contributed by atoms with Gasteiger partial charge < -0.3 is 9.73 Å². The molecule has 0 aromatic carbocycles. The Balaban J connectivity index is 2.58. The van der Waals surface area contributed by atoms with Crippen molar-refractivity contribution in [1.82, 2.24) is 10.3 Å². The highest BCUT2D eigenvalue weighted by atomic mass is 19.3. The molecular weight excluding hydrogens is 178 g/mol. The van der Waals surface area contributed by atoms with Crippen LogP contribution >= 0.6 is 0 Å². The van der Waals surface area contributed by atoms with E-state index in [2.05, 4.69) is 10.3 Å². The Kier molecular flexibility index (Phi) is 3.36. The number of rotatable bonds is 4. The summed E-state index contributed by atoms with van der Waals surface area (Å²) in [5, 5.41) is 2.96. The van der Waals surface area contributed by atoms with Crippen LogP contribution in [0.25, 0.3) is 0 Å². The molecule has 0 aliphatic carbocycles. The number of halogens is 2. The normalized spacial score (nSPS) is 13.6. The lowest BCUT2D eigenvalue weighted by Gasteiger charge is -2.05. The van der Waals surface area contributed by atoms with Gasteiger partial charge >= 0.3 is 0 Å². The van der Waals surface area contributed by atoms with Crippen molar-refractivity contribution in [3.63, 3.8) is 0 Å². The Bertz CT molecular complexity index is 262. The summed E-state index contributed by atoms with van der Waals surface area (Å²) in [4.78, 5) is 3.64. The van der Waals surface area contributed by atoms with Crippen molar-refractivity contribution in [1.29, 1.82) is 0 Å². The molecule has 1 N–H and O–H groups in total. The van der Waals surface area contributed by atoms with E-state index in [0.717, 1.165) is 6.26 Å². The summed E-state index contributed by atoms with van der Waals surface area (Å²) < 4.78 is 29.0. The van der Waals surface area contributed by atoms with Crippen LogP contribution in [0.15, 0.2) is 10.7 Å². The number of alkyl halides is 2. The number of nitrogens with one attached hydrogen (secondary N) is 1. The highest BCUT2D eigenvalue weighted by Crippen LogP contribution is 2.17. The molecular formula is C8H12F2N2O. The highest BCUT2D eigenvalue weighted by Gasteiger charge is 2.14. The van der Waals surface area contributed by atoms with Gasteiger partial charge in [0.1, 0.15) is 12.0 Å². The summed E-state index contributed by atoms with van der Waals surface area (Å²) in [6, 6.07) is 0.171. The fraction of sp³-hybridized carbons (Fsp3) is 0.625. The second-order valence-electron chi connectivity index (χ2n) is 2.86. The standard InChI is InChI=1S/C8H12F2N2O/c1-5(11-2)3-7-12-6(4-13-7)8(9)10/h4-5,8,11H,3H2,1-2H3. The van der Waals surface area contributed by atoms with Gasteiger partial charge in [-0.15, -0.1) is 0 Å². The molecule has 0 saturated heterocycles. The van der Waals surface area contributed by atoms with Gasteiger partial charge in [0, 0.05) is 12.5 Å². The molecule has 1 rings (SSSR count). The zero-order chi connectivity index (χ0) is 9.84. The Morgan fingerprint density at radius 3 is 2.77 bits per heavy atom. The maximum atomic E-state index is 12.1. The molecule has 0 fully saturated rings.